The molecule has 1 amide bonds. The van der Waals surface area contributed by atoms with Crippen LogP contribution < -0.4 is 11.1 Å². The highest BCUT2D eigenvalue weighted by Gasteiger charge is 2.10. The first-order valence-corrected chi connectivity index (χ1v) is 4.68. The third kappa shape index (κ3) is 3.03. The lowest BCUT2D eigenvalue weighted by Gasteiger charge is -2.07. The molecular weight excluding hydrogens is 196 g/mol. The predicted molar refractivity (Wildman–Crippen MR) is 54.9 cm³/mol. The number of amides is 1. The zero-order valence-corrected chi connectivity index (χ0v) is 8.90. The van der Waals surface area contributed by atoms with Crippen LogP contribution in [0.1, 0.15) is 11.3 Å². The van der Waals surface area contributed by atoms with Crippen molar-refractivity contribution in [3.8, 4) is 0 Å². The Morgan fingerprint density at radius 1 is 1.80 bits per heavy atom. The maximum atomic E-state index is 10.5. The zero-order chi connectivity index (χ0) is 11.4. The normalized spacial score (nSPS) is 12.7. The minimum Gasteiger partial charge on any atom is -0.382 e. The van der Waals surface area contributed by atoms with Gasteiger partial charge in [0.25, 0.3) is 0 Å². The number of aromatic nitrogens is 2. The molecule has 0 saturated carbocycles. The minimum atomic E-state index is -1.14. The van der Waals surface area contributed by atoms with Crippen molar-refractivity contribution in [2.24, 2.45) is 12.8 Å². The van der Waals surface area contributed by atoms with Gasteiger partial charge in [0.15, 0.2) is 0 Å². The van der Waals surface area contributed by atoms with Gasteiger partial charge in [-0.15, -0.1) is 0 Å². The summed E-state index contributed by atoms with van der Waals surface area (Å²) in [5, 5.41) is 16.1. The van der Waals surface area contributed by atoms with E-state index in [0.717, 1.165) is 11.3 Å². The van der Waals surface area contributed by atoms with Crippen LogP contribution in [0.25, 0.3) is 0 Å². The van der Waals surface area contributed by atoms with Crippen molar-refractivity contribution in [1.82, 2.24) is 15.1 Å². The quantitative estimate of drug-likeness (QED) is 0.563. The Hall–Kier alpha value is -1.40. The fraction of sp³-hybridized carbons (Fsp3) is 0.556. The summed E-state index contributed by atoms with van der Waals surface area (Å²) >= 11 is 0. The Kier molecular flexibility index (Phi) is 3.81. The lowest BCUT2D eigenvalue weighted by molar-refractivity contribution is -0.125. The van der Waals surface area contributed by atoms with Crippen LogP contribution in [-0.4, -0.2) is 33.4 Å². The van der Waals surface area contributed by atoms with E-state index in [1.807, 2.05) is 14.0 Å². The molecule has 0 aromatic carbocycles. The third-order valence-electron chi connectivity index (χ3n) is 2.32. The summed E-state index contributed by atoms with van der Waals surface area (Å²) in [5.41, 5.74) is 6.99. The molecule has 84 valence electrons. The fourth-order valence-electron chi connectivity index (χ4n) is 1.16. The van der Waals surface area contributed by atoms with Gasteiger partial charge >= 0.3 is 0 Å². The molecule has 1 unspecified atom stereocenters. The fourth-order valence-corrected chi connectivity index (χ4v) is 1.16. The monoisotopic (exact) mass is 212 g/mol. The van der Waals surface area contributed by atoms with Gasteiger partial charge in [0.2, 0.25) is 5.91 Å². The van der Waals surface area contributed by atoms with Gasteiger partial charge in [-0.2, -0.15) is 5.10 Å². The third-order valence-corrected chi connectivity index (χ3v) is 2.32. The Bertz CT molecular complexity index is 348. The van der Waals surface area contributed by atoms with Crippen LogP contribution in [0.3, 0.4) is 0 Å². The van der Waals surface area contributed by atoms with Crippen molar-refractivity contribution in [2.75, 3.05) is 6.54 Å². The number of hydrogen-bond donors (Lipinski definition) is 3. The number of aliphatic hydroxyl groups is 1. The van der Waals surface area contributed by atoms with Crippen molar-refractivity contribution in [2.45, 2.75) is 19.6 Å². The SMILES string of the molecule is Cc1c(CNCC(O)C(N)=O)cnn1C. The van der Waals surface area contributed by atoms with Crippen LogP contribution >= 0.6 is 0 Å². The van der Waals surface area contributed by atoms with Crippen molar-refractivity contribution in [3.63, 3.8) is 0 Å². The minimum absolute atomic E-state index is 0.156. The van der Waals surface area contributed by atoms with Gasteiger partial charge in [-0.3, -0.25) is 9.48 Å². The van der Waals surface area contributed by atoms with Gasteiger partial charge < -0.3 is 16.2 Å². The molecule has 15 heavy (non-hydrogen) atoms. The second kappa shape index (κ2) is 4.90. The largest absolute Gasteiger partial charge is 0.382 e. The average molecular weight is 212 g/mol. The number of primary amides is 1. The molecule has 1 rings (SSSR count). The van der Waals surface area contributed by atoms with Crippen LogP contribution in [-0.2, 0) is 18.4 Å². The first-order chi connectivity index (χ1) is 7.02. The second-order valence-electron chi connectivity index (χ2n) is 3.43. The van der Waals surface area contributed by atoms with E-state index < -0.39 is 12.0 Å². The Balaban J connectivity index is 2.38. The Morgan fingerprint density at radius 3 is 2.93 bits per heavy atom. The standard InChI is InChI=1S/C9H16N4O2/c1-6-7(4-12-13(6)2)3-11-5-8(14)9(10)15/h4,8,11,14H,3,5H2,1-2H3,(H2,10,15). The number of nitrogens with zero attached hydrogens (tertiary/aromatic N) is 2. The molecule has 0 aliphatic heterocycles. The molecule has 1 atom stereocenters. The van der Waals surface area contributed by atoms with Crippen LogP contribution in [0.2, 0.25) is 0 Å². The van der Waals surface area contributed by atoms with Crippen molar-refractivity contribution >= 4 is 5.91 Å². The first-order valence-electron chi connectivity index (χ1n) is 4.68. The van der Waals surface area contributed by atoms with Gasteiger partial charge in [-0.25, -0.2) is 0 Å². The van der Waals surface area contributed by atoms with Crippen molar-refractivity contribution < 1.29 is 9.90 Å². The average Bonchev–Trinajstić information content (AvgIpc) is 2.49. The topological polar surface area (TPSA) is 93.2 Å². The molecular formula is C9H16N4O2. The molecule has 6 heteroatoms. The summed E-state index contributed by atoms with van der Waals surface area (Å²) in [7, 11) is 1.86. The maximum Gasteiger partial charge on any atom is 0.247 e. The molecule has 1 heterocycles. The van der Waals surface area contributed by atoms with Gasteiger partial charge in [0.1, 0.15) is 6.10 Å². The number of nitrogens with two attached hydrogens (primary N) is 1. The maximum absolute atomic E-state index is 10.5. The number of aliphatic hydroxyl groups excluding tert-OH is 1. The number of hydrogen-bond acceptors (Lipinski definition) is 4. The molecule has 1 aromatic rings. The predicted octanol–water partition coefficient (Wildman–Crippen LogP) is -1.34. The number of carbonyl (C=O) groups is 1. The summed E-state index contributed by atoms with van der Waals surface area (Å²) in [6, 6.07) is 0. The molecule has 1 aromatic heterocycles. The summed E-state index contributed by atoms with van der Waals surface area (Å²) in [6.45, 7) is 2.67. The van der Waals surface area contributed by atoms with E-state index in [1.54, 1.807) is 10.9 Å². The van der Waals surface area contributed by atoms with Gasteiger partial charge in [-0.05, 0) is 6.92 Å². The van der Waals surface area contributed by atoms with E-state index in [1.165, 1.54) is 0 Å². The molecule has 0 aliphatic carbocycles. The zero-order valence-electron chi connectivity index (χ0n) is 8.90. The number of nitrogens with one attached hydrogen (secondary N) is 1. The smallest absolute Gasteiger partial charge is 0.247 e. The molecule has 4 N–H and O–H groups in total. The molecule has 0 bridgehead atoms. The Morgan fingerprint density at radius 2 is 2.47 bits per heavy atom. The van der Waals surface area contributed by atoms with Gasteiger partial charge in [0.05, 0.1) is 6.20 Å². The lowest BCUT2D eigenvalue weighted by atomic mass is 10.2. The molecule has 0 radical (unpaired) electrons. The highest BCUT2D eigenvalue weighted by molar-refractivity contribution is 5.78. The molecule has 0 spiro atoms. The number of carbonyl (C=O) groups excluding carboxylic acids is 1. The van der Waals surface area contributed by atoms with E-state index >= 15 is 0 Å². The highest BCUT2D eigenvalue weighted by Crippen LogP contribution is 2.04. The van der Waals surface area contributed by atoms with E-state index in [0.29, 0.717) is 6.54 Å². The molecule has 0 aliphatic rings. The molecule has 0 fully saturated rings. The van der Waals surface area contributed by atoms with E-state index in [9.17, 15) is 4.79 Å². The van der Waals surface area contributed by atoms with Crippen molar-refractivity contribution in [3.05, 3.63) is 17.5 Å². The van der Waals surface area contributed by atoms with E-state index in [4.69, 9.17) is 10.8 Å². The van der Waals surface area contributed by atoms with Gasteiger partial charge in [0, 0.05) is 31.4 Å². The Labute approximate surface area is 88.1 Å². The summed E-state index contributed by atoms with van der Waals surface area (Å²) in [5.74, 6) is -0.717. The highest BCUT2D eigenvalue weighted by atomic mass is 16.3. The van der Waals surface area contributed by atoms with Crippen LogP contribution in [0.5, 0.6) is 0 Å². The van der Waals surface area contributed by atoms with Crippen LogP contribution in [0.15, 0.2) is 6.20 Å². The van der Waals surface area contributed by atoms with Crippen LogP contribution in [0.4, 0.5) is 0 Å². The summed E-state index contributed by atoms with van der Waals surface area (Å²) in [4.78, 5) is 10.5. The lowest BCUT2D eigenvalue weighted by Crippen LogP contribution is -2.37. The van der Waals surface area contributed by atoms with Gasteiger partial charge in [-0.1, -0.05) is 0 Å². The second-order valence-corrected chi connectivity index (χ2v) is 3.43. The molecule has 0 saturated heterocycles. The van der Waals surface area contributed by atoms with E-state index in [2.05, 4.69) is 10.4 Å². The number of aryl methyl sites for hydroxylation is 1. The van der Waals surface area contributed by atoms with E-state index in [-0.39, 0.29) is 6.54 Å². The summed E-state index contributed by atoms with van der Waals surface area (Å²) < 4.78 is 1.77. The summed E-state index contributed by atoms with van der Waals surface area (Å²) in [6.07, 6.45) is 0.612. The van der Waals surface area contributed by atoms with Crippen molar-refractivity contribution in [1.29, 1.82) is 0 Å². The first kappa shape index (κ1) is 11.7. The molecule has 6 nitrogen and oxygen atoms in total. The number of rotatable bonds is 5. The van der Waals surface area contributed by atoms with Crippen LogP contribution in [0, 0.1) is 6.92 Å².